The van der Waals surface area contributed by atoms with Gasteiger partial charge < -0.3 is 10.0 Å². The van der Waals surface area contributed by atoms with Gasteiger partial charge in [0.2, 0.25) is 0 Å². The fourth-order valence-electron chi connectivity index (χ4n) is 2.06. The van der Waals surface area contributed by atoms with E-state index >= 15 is 0 Å². The van der Waals surface area contributed by atoms with Crippen LogP contribution in [0.3, 0.4) is 0 Å². The van der Waals surface area contributed by atoms with Crippen LogP contribution in [0.15, 0.2) is 48.5 Å². The van der Waals surface area contributed by atoms with E-state index in [2.05, 4.69) is 0 Å². The maximum Gasteiger partial charge on any atom is 0.305 e. The van der Waals surface area contributed by atoms with E-state index in [0.29, 0.717) is 18.1 Å². The van der Waals surface area contributed by atoms with Crippen LogP contribution in [0, 0.1) is 5.82 Å². The Labute approximate surface area is 127 Å². The average molecular weight is 308 g/mol. The Morgan fingerprint density at radius 3 is 2.62 bits per heavy atom. The second kappa shape index (κ2) is 7.09. The Kier molecular flexibility index (Phi) is 5.17. The number of carboxylic acids is 1. The summed E-state index contributed by atoms with van der Waals surface area (Å²) < 4.78 is 13.3. The summed E-state index contributed by atoms with van der Waals surface area (Å²) in [5, 5.41) is 9.44. The summed E-state index contributed by atoms with van der Waals surface area (Å²) in [4.78, 5) is 12.7. The highest BCUT2D eigenvalue weighted by Crippen LogP contribution is 2.22. The second-order valence-corrected chi connectivity index (χ2v) is 5.11. The van der Waals surface area contributed by atoms with Crippen LogP contribution in [0.1, 0.15) is 12.0 Å². The van der Waals surface area contributed by atoms with Gasteiger partial charge in [-0.3, -0.25) is 4.79 Å². The van der Waals surface area contributed by atoms with Gasteiger partial charge in [0.15, 0.2) is 0 Å². The SMILES string of the molecule is O=C(O)CCN(Cc1cccc(F)c1)c1cccc(Cl)c1. The van der Waals surface area contributed by atoms with Gasteiger partial charge in [-0.15, -0.1) is 0 Å². The molecule has 0 saturated carbocycles. The summed E-state index contributed by atoms with van der Waals surface area (Å²) in [5.74, 6) is -1.18. The molecule has 2 aromatic carbocycles. The van der Waals surface area contributed by atoms with E-state index in [-0.39, 0.29) is 12.2 Å². The summed E-state index contributed by atoms with van der Waals surface area (Å²) in [6.07, 6.45) is 0.00181. The lowest BCUT2D eigenvalue weighted by molar-refractivity contribution is -0.136. The Balaban J connectivity index is 2.21. The lowest BCUT2D eigenvalue weighted by Gasteiger charge is -2.24. The summed E-state index contributed by atoms with van der Waals surface area (Å²) in [6, 6.07) is 13.4. The van der Waals surface area contributed by atoms with Crippen LogP contribution in [0.25, 0.3) is 0 Å². The van der Waals surface area contributed by atoms with Gasteiger partial charge in [0.1, 0.15) is 5.82 Å². The highest BCUT2D eigenvalue weighted by Gasteiger charge is 2.10. The maximum absolute atomic E-state index is 13.3. The normalized spacial score (nSPS) is 10.4. The largest absolute Gasteiger partial charge is 0.481 e. The van der Waals surface area contributed by atoms with E-state index in [1.165, 1.54) is 12.1 Å². The molecule has 5 heteroatoms. The zero-order valence-corrected chi connectivity index (χ0v) is 12.1. The van der Waals surface area contributed by atoms with Crippen LogP contribution in [0.5, 0.6) is 0 Å². The molecule has 0 aliphatic rings. The molecule has 0 radical (unpaired) electrons. The van der Waals surface area contributed by atoms with Gasteiger partial charge in [0.05, 0.1) is 6.42 Å². The molecule has 0 fully saturated rings. The lowest BCUT2D eigenvalue weighted by atomic mass is 10.2. The average Bonchev–Trinajstić information content (AvgIpc) is 2.43. The van der Waals surface area contributed by atoms with Crippen LogP contribution >= 0.6 is 11.6 Å². The number of benzene rings is 2. The topological polar surface area (TPSA) is 40.5 Å². The zero-order chi connectivity index (χ0) is 15.2. The van der Waals surface area contributed by atoms with Gasteiger partial charge in [-0.05, 0) is 35.9 Å². The minimum atomic E-state index is -0.874. The lowest BCUT2D eigenvalue weighted by Crippen LogP contribution is -2.25. The predicted octanol–water partition coefficient (Wildman–Crippen LogP) is 3.96. The van der Waals surface area contributed by atoms with Crippen molar-refractivity contribution < 1.29 is 14.3 Å². The van der Waals surface area contributed by atoms with Crippen LogP contribution in [0.2, 0.25) is 5.02 Å². The van der Waals surface area contributed by atoms with Crippen LogP contribution in [-0.2, 0) is 11.3 Å². The number of carbonyl (C=O) groups is 1. The summed E-state index contributed by atoms with van der Waals surface area (Å²) in [5.41, 5.74) is 1.59. The molecule has 2 aromatic rings. The van der Waals surface area contributed by atoms with E-state index in [1.807, 2.05) is 11.0 Å². The Hall–Kier alpha value is -2.07. The first-order valence-electron chi connectivity index (χ1n) is 6.51. The third-order valence-corrected chi connectivity index (χ3v) is 3.27. The van der Waals surface area contributed by atoms with Crippen molar-refractivity contribution in [1.29, 1.82) is 0 Å². The smallest absolute Gasteiger partial charge is 0.305 e. The second-order valence-electron chi connectivity index (χ2n) is 4.68. The molecule has 0 spiro atoms. The molecule has 0 atom stereocenters. The highest BCUT2D eigenvalue weighted by atomic mass is 35.5. The molecule has 1 N–H and O–H groups in total. The van der Waals surface area contributed by atoms with Gasteiger partial charge in [-0.25, -0.2) is 4.39 Å². The molecule has 0 heterocycles. The molecule has 0 amide bonds. The third kappa shape index (κ3) is 4.76. The minimum Gasteiger partial charge on any atom is -0.481 e. The van der Waals surface area contributed by atoms with Gasteiger partial charge >= 0.3 is 5.97 Å². The molecule has 3 nitrogen and oxygen atoms in total. The van der Waals surface area contributed by atoms with Crippen molar-refractivity contribution in [2.75, 3.05) is 11.4 Å². The third-order valence-electron chi connectivity index (χ3n) is 3.03. The van der Waals surface area contributed by atoms with Crippen molar-refractivity contribution in [2.24, 2.45) is 0 Å². The standard InChI is InChI=1S/C16H15ClFNO2/c17-13-4-2-6-15(10-13)19(8-7-16(20)21)11-12-3-1-5-14(18)9-12/h1-6,9-10H,7-8,11H2,(H,20,21). The molecule has 21 heavy (non-hydrogen) atoms. The van der Waals surface area contributed by atoms with Crippen molar-refractivity contribution >= 4 is 23.3 Å². The molecular weight excluding hydrogens is 293 g/mol. The molecule has 0 unspecified atom stereocenters. The molecule has 2 rings (SSSR count). The van der Waals surface area contributed by atoms with E-state index < -0.39 is 5.97 Å². The highest BCUT2D eigenvalue weighted by molar-refractivity contribution is 6.30. The quantitative estimate of drug-likeness (QED) is 0.878. The number of anilines is 1. The number of aliphatic carboxylic acids is 1. The summed E-state index contributed by atoms with van der Waals surface area (Å²) in [6.45, 7) is 0.748. The number of halogens is 2. The van der Waals surface area contributed by atoms with Gasteiger partial charge in [0.25, 0.3) is 0 Å². The van der Waals surface area contributed by atoms with Crippen molar-refractivity contribution in [3.05, 3.63) is 64.9 Å². The number of nitrogens with zero attached hydrogens (tertiary/aromatic N) is 1. The van der Waals surface area contributed by atoms with Gasteiger partial charge in [-0.2, -0.15) is 0 Å². The number of carboxylic acid groups (broad SMARTS) is 1. The molecule has 0 aliphatic heterocycles. The first kappa shape index (κ1) is 15.3. The molecular formula is C16H15ClFNO2. The van der Waals surface area contributed by atoms with Crippen molar-refractivity contribution in [2.45, 2.75) is 13.0 Å². The van der Waals surface area contributed by atoms with E-state index in [4.69, 9.17) is 16.7 Å². The fourth-order valence-corrected chi connectivity index (χ4v) is 2.24. The monoisotopic (exact) mass is 307 g/mol. The van der Waals surface area contributed by atoms with Crippen molar-refractivity contribution in [1.82, 2.24) is 0 Å². The van der Waals surface area contributed by atoms with E-state index in [9.17, 15) is 9.18 Å². The Morgan fingerprint density at radius 1 is 1.19 bits per heavy atom. The number of hydrogen-bond donors (Lipinski definition) is 1. The molecule has 0 aliphatic carbocycles. The predicted molar refractivity (Wildman–Crippen MR) is 81.2 cm³/mol. The van der Waals surface area contributed by atoms with Crippen LogP contribution in [-0.4, -0.2) is 17.6 Å². The fraction of sp³-hybridized carbons (Fsp3) is 0.188. The van der Waals surface area contributed by atoms with Crippen molar-refractivity contribution in [3.63, 3.8) is 0 Å². The first-order chi connectivity index (χ1) is 10.0. The Morgan fingerprint density at radius 2 is 1.95 bits per heavy atom. The van der Waals surface area contributed by atoms with Gasteiger partial charge in [0, 0.05) is 23.8 Å². The van der Waals surface area contributed by atoms with Crippen LogP contribution in [0.4, 0.5) is 10.1 Å². The van der Waals surface area contributed by atoms with E-state index in [0.717, 1.165) is 11.3 Å². The number of hydrogen-bond acceptors (Lipinski definition) is 2. The molecule has 0 aromatic heterocycles. The summed E-state index contributed by atoms with van der Waals surface area (Å²) >= 11 is 5.98. The minimum absolute atomic E-state index is 0.00181. The van der Waals surface area contributed by atoms with Crippen molar-refractivity contribution in [3.8, 4) is 0 Å². The molecule has 110 valence electrons. The van der Waals surface area contributed by atoms with Crippen LogP contribution < -0.4 is 4.90 Å². The van der Waals surface area contributed by atoms with E-state index in [1.54, 1.807) is 30.3 Å². The zero-order valence-electron chi connectivity index (χ0n) is 11.3. The molecule has 0 saturated heterocycles. The molecule has 0 bridgehead atoms. The number of rotatable bonds is 6. The Bertz CT molecular complexity index is 633. The maximum atomic E-state index is 13.3. The first-order valence-corrected chi connectivity index (χ1v) is 6.89. The van der Waals surface area contributed by atoms with Gasteiger partial charge in [-0.1, -0.05) is 29.8 Å². The summed E-state index contributed by atoms with van der Waals surface area (Å²) in [7, 11) is 0.